The van der Waals surface area contributed by atoms with Crippen molar-refractivity contribution in [3.8, 4) is 11.1 Å². The number of halogens is 2. The van der Waals surface area contributed by atoms with Crippen molar-refractivity contribution in [2.24, 2.45) is 0 Å². The second kappa shape index (κ2) is 7.60. The van der Waals surface area contributed by atoms with Crippen LogP contribution < -0.4 is 0 Å². The molecule has 1 aliphatic rings. The molecule has 0 amide bonds. The Labute approximate surface area is 151 Å². The van der Waals surface area contributed by atoms with E-state index in [2.05, 4.69) is 10.1 Å². The Bertz CT molecular complexity index is 819. The molecule has 4 rings (SSSR count). The molecule has 128 valence electrons. The van der Waals surface area contributed by atoms with Crippen LogP contribution in [0.4, 0.5) is 0 Å². The molecule has 24 heavy (non-hydrogen) atoms. The van der Waals surface area contributed by atoms with Gasteiger partial charge in [0.05, 0.1) is 21.8 Å². The first kappa shape index (κ1) is 17.3. The van der Waals surface area contributed by atoms with Crippen LogP contribution >= 0.6 is 23.2 Å². The molecule has 0 bridgehead atoms. The molecular formula is C18H21Cl2N3O. The molecule has 4 nitrogen and oxygen atoms in total. The van der Waals surface area contributed by atoms with E-state index in [9.17, 15) is 0 Å². The molecule has 0 radical (unpaired) electrons. The van der Waals surface area contributed by atoms with Gasteiger partial charge in [-0.15, -0.1) is 0 Å². The Morgan fingerprint density at radius 3 is 2.83 bits per heavy atom. The van der Waals surface area contributed by atoms with Crippen molar-refractivity contribution in [3.63, 3.8) is 0 Å². The van der Waals surface area contributed by atoms with E-state index in [0.717, 1.165) is 41.5 Å². The minimum absolute atomic E-state index is 0.0470. The van der Waals surface area contributed by atoms with Gasteiger partial charge in [-0.3, -0.25) is 0 Å². The zero-order valence-corrected chi connectivity index (χ0v) is 15.4. The summed E-state index contributed by atoms with van der Waals surface area (Å²) < 4.78 is 7.68. The molecular weight excluding hydrogens is 345 g/mol. The van der Waals surface area contributed by atoms with Crippen LogP contribution in [-0.4, -0.2) is 21.4 Å². The summed E-state index contributed by atoms with van der Waals surface area (Å²) in [6.45, 7) is 4.81. The lowest BCUT2D eigenvalue weighted by atomic mass is 10.1. The Morgan fingerprint density at radius 1 is 1.25 bits per heavy atom. The molecule has 0 spiro atoms. The highest BCUT2D eigenvalue weighted by Gasteiger charge is 2.18. The third kappa shape index (κ3) is 3.18. The molecule has 1 unspecified atom stereocenters. The van der Waals surface area contributed by atoms with Gasteiger partial charge in [0.15, 0.2) is 0 Å². The van der Waals surface area contributed by atoms with Crippen molar-refractivity contribution < 1.29 is 4.74 Å². The molecule has 6 heteroatoms. The van der Waals surface area contributed by atoms with Gasteiger partial charge in [0.1, 0.15) is 6.23 Å². The first-order valence-corrected chi connectivity index (χ1v) is 9.11. The van der Waals surface area contributed by atoms with E-state index >= 15 is 0 Å². The summed E-state index contributed by atoms with van der Waals surface area (Å²) in [6, 6.07) is 3.79. The molecule has 3 aromatic rings. The second-order valence-corrected chi connectivity index (χ2v) is 6.30. The van der Waals surface area contributed by atoms with Crippen LogP contribution in [0.2, 0.25) is 10.0 Å². The minimum atomic E-state index is 0.0470. The Kier molecular flexibility index (Phi) is 5.49. The van der Waals surface area contributed by atoms with E-state index in [4.69, 9.17) is 27.9 Å². The highest BCUT2D eigenvalue weighted by molar-refractivity contribution is 6.45. The summed E-state index contributed by atoms with van der Waals surface area (Å²) in [5.41, 5.74) is 2.96. The zero-order valence-electron chi connectivity index (χ0n) is 13.9. The number of nitrogens with one attached hydrogen (secondary N) is 1. The number of aromatic nitrogens is 3. The van der Waals surface area contributed by atoms with Gasteiger partial charge in [-0.25, -0.2) is 4.68 Å². The van der Waals surface area contributed by atoms with Crippen molar-refractivity contribution in [1.82, 2.24) is 14.8 Å². The smallest absolute Gasteiger partial charge is 0.150 e. The zero-order chi connectivity index (χ0) is 17.1. The second-order valence-electron chi connectivity index (χ2n) is 5.52. The summed E-state index contributed by atoms with van der Waals surface area (Å²) in [5, 5.41) is 6.60. The maximum absolute atomic E-state index is 6.25. The molecule has 1 N–H and O–H groups in total. The van der Waals surface area contributed by atoms with Crippen LogP contribution in [-0.2, 0) is 4.74 Å². The van der Waals surface area contributed by atoms with E-state index in [-0.39, 0.29) is 6.23 Å². The minimum Gasteiger partial charge on any atom is -0.359 e. The summed E-state index contributed by atoms with van der Waals surface area (Å²) in [4.78, 5) is 3.20. The van der Waals surface area contributed by atoms with Crippen molar-refractivity contribution in [3.05, 3.63) is 40.8 Å². The van der Waals surface area contributed by atoms with Gasteiger partial charge in [0, 0.05) is 35.5 Å². The monoisotopic (exact) mass is 365 g/mol. The van der Waals surface area contributed by atoms with Gasteiger partial charge in [-0.2, -0.15) is 5.10 Å². The fraction of sp³-hybridized carbons (Fsp3) is 0.389. The average molecular weight is 366 g/mol. The SMILES string of the molecule is CC.Clc1ccc2c(-c3cnn(C4CCCCO4)c3)c[nH]c2c1Cl. The summed E-state index contributed by atoms with van der Waals surface area (Å²) >= 11 is 12.3. The van der Waals surface area contributed by atoms with Gasteiger partial charge >= 0.3 is 0 Å². The molecule has 1 fully saturated rings. The summed E-state index contributed by atoms with van der Waals surface area (Å²) in [6.07, 6.45) is 9.20. The number of hydrogen-bond donors (Lipinski definition) is 1. The van der Waals surface area contributed by atoms with Gasteiger partial charge in [0.25, 0.3) is 0 Å². The van der Waals surface area contributed by atoms with Crippen molar-refractivity contribution in [2.45, 2.75) is 39.3 Å². The molecule has 0 aliphatic carbocycles. The first-order chi connectivity index (χ1) is 11.7. The highest BCUT2D eigenvalue weighted by Crippen LogP contribution is 2.36. The van der Waals surface area contributed by atoms with Crippen LogP contribution in [0.15, 0.2) is 30.7 Å². The van der Waals surface area contributed by atoms with E-state index in [0.29, 0.717) is 10.0 Å². The summed E-state index contributed by atoms with van der Waals surface area (Å²) in [7, 11) is 0. The lowest BCUT2D eigenvalue weighted by Crippen LogP contribution is -2.18. The lowest BCUT2D eigenvalue weighted by molar-refractivity contribution is -0.0394. The average Bonchev–Trinajstić information content (AvgIpc) is 3.28. The van der Waals surface area contributed by atoms with Crippen molar-refractivity contribution in [1.29, 1.82) is 0 Å². The number of fused-ring (bicyclic) bond motifs is 1. The molecule has 3 heterocycles. The first-order valence-electron chi connectivity index (χ1n) is 8.35. The van der Waals surface area contributed by atoms with E-state index in [1.807, 2.05) is 49.3 Å². The fourth-order valence-electron chi connectivity index (χ4n) is 2.94. The van der Waals surface area contributed by atoms with Crippen LogP contribution in [0.25, 0.3) is 22.0 Å². The van der Waals surface area contributed by atoms with Crippen LogP contribution in [0, 0.1) is 0 Å². The number of ether oxygens (including phenoxy) is 1. The van der Waals surface area contributed by atoms with Crippen molar-refractivity contribution >= 4 is 34.1 Å². The van der Waals surface area contributed by atoms with E-state index in [1.54, 1.807) is 0 Å². The number of benzene rings is 1. The molecule has 2 aromatic heterocycles. The number of H-pyrrole nitrogens is 1. The highest BCUT2D eigenvalue weighted by atomic mass is 35.5. The lowest BCUT2D eigenvalue weighted by Gasteiger charge is -2.22. The standard InChI is InChI=1S/C16H15Cl2N3O.C2H6/c17-13-5-4-11-12(8-19-16(11)15(13)18)10-7-20-21(9-10)14-3-1-2-6-22-14;1-2/h4-5,7-9,14,19H,1-3,6H2;1-2H3. The molecule has 1 aliphatic heterocycles. The third-order valence-corrected chi connectivity index (χ3v) is 4.91. The van der Waals surface area contributed by atoms with Crippen LogP contribution in [0.5, 0.6) is 0 Å². The van der Waals surface area contributed by atoms with Gasteiger partial charge in [-0.05, 0) is 25.3 Å². The maximum Gasteiger partial charge on any atom is 0.150 e. The normalized spacial score (nSPS) is 17.6. The summed E-state index contributed by atoms with van der Waals surface area (Å²) in [5.74, 6) is 0. The predicted octanol–water partition coefficient (Wildman–Crippen LogP) is 6.06. The molecule has 0 saturated carbocycles. The third-order valence-electron chi connectivity index (χ3n) is 4.11. The molecule has 1 saturated heterocycles. The van der Waals surface area contributed by atoms with Crippen molar-refractivity contribution in [2.75, 3.05) is 6.61 Å². The Morgan fingerprint density at radius 2 is 2.08 bits per heavy atom. The number of aromatic amines is 1. The fourth-order valence-corrected chi connectivity index (χ4v) is 3.32. The predicted molar refractivity (Wildman–Crippen MR) is 99.7 cm³/mol. The van der Waals surface area contributed by atoms with Gasteiger partial charge in [0.2, 0.25) is 0 Å². The van der Waals surface area contributed by atoms with Crippen LogP contribution in [0.1, 0.15) is 39.3 Å². The van der Waals surface area contributed by atoms with Crippen LogP contribution in [0.3, 0.4) is 0 Å². The van der Waals surface area contributed by atoms with E-state index in [1.165, 1.54) is 6.42 Å². The maximum atomic E-state index is 6.25. The largest absolute Gasteiger partial charge is 0.359 e. The number of rotatable bonds is 2. The van der Waals surface area contributed by atoms with E-state index < -0.39 is 0 Å². The topological polar surface area (TPSA) is 42.8 Å². The number of nitrogens with zero attached hydrogens (tertiary/aromatic N) is 2. The Balaban J connectivity index is 0.000000815. The quantitative estimate of drug-likeness (QED) is 0.599. The Hall–Kier alpha value is -1.49. The number of hydrogen-bond acceptors (Lipinski definition) is 2. The van der Waals surface area contributed by atoms with Gasteiger partial charge < -0.3 is 9.72 Å². The van der Waals surface area contributed by atoms with Gasteiger partial charge in [-0.1, -0.05) is 43.1 Å². The molecule has 1 aromatic carbocycles. The molecule has 1 atom stereocenters.